The van der Waals surface area contributed by atoms with Crippen molar-refractivity contribution in [3.63, 3.8) is 0 Å². The van der Waals surface area contributed by atoms with Crippen molar-refractivity contribution in [1.29, 1.82) is 0 Å². The van der Waals surface area contributed by atoms with Gasteiger partial charge in [-0.1, -0.05) is 0 Å². The van der Waals surface area contributed by atoms with Crippen LogP contribution < -0.4 is 9.64 Å². The molecule has 3 heterocycles. The van der Waals surface area contributed by atoms with Crippen LogP contribution in [0, 0.1) is 13.8 Å². The first-order valence-electron chi connectivity index (χ1n) is 6.69. The predicted molar refractivity (Wildman–Crippen MR) is 74.8 cm³/mol. The molecule has 1 unspecified atom stereocenters. The van der Waals surface area contributed by atoms with Crippen LogP contribution in [0.2, 0.25) is 0 Å². The topological polar surface area (TPSA) is 64.0 Å². The maximum Gasteiger partial charge on any atom is 0.316 e. The van der Waals surface area contributed by atoms with Crippen molar-refractivity contribution in [2.45, 2.75) is 26.4 Å². The van der Waals surface area contributed by atoms with Crippen molar-refractivity contribution < 1.29 is 4.74 Å². The molecule has 6 nitrogen and oxygen atoms in total. The molecule has 20 heavy (non-hydrogen) atoms. The summed E-state index contributed by atoms with van der Waals surface area (Å²) in [5.74, 6) is 0.904. The third-order valence-corrected chi connectivity index (χ3v) is 3.24. The summed E-state index contributed by atoms with van der Waals surface area (Å²) in [6, 6.07) is 0.442. The summed E-state index contributed by atoms with van der Waals surface area (Å²) >= 11 is 0. The van der Waals surface area contributed by atoms with Crippen LogP contribution >= 0.6 is 0 Å². The summed E-state index contributed by atoms with van der Waals surface area (Å²) in [5, 5.41) is 0. The molecular weight excluding hydrogens is 254 g/mol. The van der Waals surface area contributed by atoms with Gasteiger partial charge >= 0.3 is 6.01 Å². The lowest BCUT2D eigenvalue weighted by Gasteiger charge is -2.17. The zero-order chi connectivity index (χ0) is 13.9. The van der Waals surface area contributed by atoms with Crippen LogP contribution in [-0.4, -0.2) is 39.1 Å². The number of aromatic nitrogens is 4. The van der Waals surface area contributed by atoms with E-state index in [4.69, 9.17) is 4.74 Å². The highest BCUT2D eigenvalue weighted by atomic mass is 16.5. The van der Waals surface area contributed by atoms with Crippen molar-refractivity contribution in [3.8, 4) is 6.01 Å². The number of ether oxygens (including phenoxy) is 1. The number of hydrogen-bond donors (Lipinski definition) is 0. The van der Waals surface area contributed by atoms with Crippen molar-refractivity contribution in [2.75, 3.05) is 18.0 Å². The highest BCUT2D eigenvalue weighted by Crippen LogP contribution is 2.20. The Kier molecular flexibility index (Phi) is 3.45. The largest absolute Gasteiger partial charge is 0.458 e. The molecule has 2 aromatic rings. The monoisotopic (exact) mass is 271 g/mol. The molecule has 1 fully saturated rings. The number of rotatable bonds is 3. The first-order chi connectivity index (χ1) is 9.70. The summed E-state index contributed by atoms with van der Waals surface area (Å²) < 4.78 is 5.80. The lowest BCUT2D eigenvalue weighted by molar-refractivity contribution is 0.206. The second kappa shape index (κ2) is 5.40. The molecule has 0 amide bonds. The van der Waals surface area contributed by atoms with Gasteiger partial charge in [0.2, 0.25) is 0 Å². The second-order valence-electron chi connectivity index (χ2n) is 5.04. The Morgan fingerprint density at radius 1 is 1.15 bits per heavy atom. The third-order valence-electron chi connectivity index (χ3n) is 3.24. The van der Waals surface area contributed by atoms with Gasteiger partial charge in [-0.25, -0.2) is 15.0 Å². The Balaban J connectivity index is 1.63. The summed E-state index contributed by atoms with van der Waals surface area (Å²) in [6.07, 6.45) is 8.11. The fourth-order valence-corrected chi connectivity index (χ4v) is 2.23. The van der Waals surface area contributed by atoms with Gasteiger partial charge in [-0.3, -0.25) is 4.98 Å². The van der Waals surface area contributed by atoms with Gasteiger partial charge in [0.05, 0.1) is 18.4 Å². The van der Waals surface area contributed by atoms with E-state index in [9.17, 15) is 0 Å². The molecule has 6 heteroatoms. The molecule has 0 radical (unpaired) electrons. The first-order valence-corrected chi connectivity index (χ1v) is 6.69. The van der Waals surface area contributed by atoms with E-state index in [1.165, 1.54) is 0 Å². The molecule has 3 rings (SSSR count). The lowest BCUT2D eigenvalue weighted by Crippen LogP contribution is -2.26. The van der Waals surface area contributed by atoms with E-state index in [-0.39, 0.29) is 6.10 Å². The fraction of sp³-hybridized carbons (Fsp3) is 0.429. The van der Waals surface area contributed by atoms with Crippen LogP contribution in [0.5, 0.6) is 6.01 Å². The number of nitrogens with zero attached hydrogens (tertiary/aromatic N) is 5. The van der Waals surface area contributed by atoms with E-state index in [1.54, 1.807) is 24.8 Å². The molecule has 104 valence electrons. The molecule has 0 saturated carbocycles. The molecule has 0 bridgehead atoms. The third kappa shape index (κ3) is 2.84. The SMILES string of the molecule is Cc1cnc(OC2CCN(c3cncc(C)n3)C2)nc1. The molecule has 2 aromatic heterocycles. The van der Waals surface area contributed by atoms with Gasteiger partial charge in [-0.05, 0) is 19.4 Å². The predicted octanol–water partition coefficient (Wildman–Crippen LogP) is 1.54. The Hall–Kier alpha value is -2.24. The van der Waals surface area contributed by atoms with Gasteiger partial charge in [0.25, 0.3) is 0 Å². The van der Waals surface area contributed by atoms with Crippen LogP contribution in [0.25, 0.3) is 0 Å². The van der Waals surface area contributed by atoms with Crippen LogP contribution in [0.1, 0.15) is 17.7 Å². The van der Waals surface area contributed by atoms with Crippen molar-refractivity contribution in [3.05, 3.63) is 36.0 Å². The van der Waals surface area contributed by atoms with Gasteiger partial charge in [-0.15, -0.1) is 0 Å². The Labute approximate surface area is 117 Å². The minimum atomic E-state index is 0.0972. The van der Waals surface area contributed by atoms with E-state index in [0.717, 1.165) is 36.6 Å². The van der Waals surface area contributed by atoms with Gasteiger partial charge in [-0.2, -0.15) is 0 Å². The molecular formula is C14H17N5O. The van der Waals surface area contributed by atoms with Gasteiger partial charge in [0, 0.05) is 31.6 Å². The quantitative estimate of drug-likeness (QED) is 0.843. The van der Waals surface area contributed by atoms with Crippen LogP contribution in [-0.2, 0) is 0 Å². The average Bonchev–Trinajstić information content (AvgIpc) is 2.90. The minimum absolute atomic E-state index is 0.0972. The Morgan fingerprint density at radius 3 is 2.70 bits per heavy atom. The maximum atomic E-state index is 5.80. The lowest BCUT2D eigenvalue weighted by atomic mass is 10.3. The molecule has 0 aliphatic carbocycles. The van der Waals surface area contributed by atoms with Gasteiger partial charge < -0.3 is 9.64 Å². The van der Waals surface area contributed by atoms with Crippen molar-refractivity contribution >= 4 is 5.82 Å². The number of anilines is 1. The highest BCUT2D eigenvalue weighted by molar-refractivity contribution is 5.38. The second-order valence-corrected chi connectivity index (χ2v) is 5.04. The zero-order valence-electron chi connectivity index (χ0n) is 11.7. The Morgan fingerprint density at radius 2 is 1.95 bits per heavy atom. The zero-order valence-corrected chi connectivity index (χ0v) is 11.7. The fourth-order valence-electron chi connectivity index (χ4n) is 2.23. The maximum absolute atomic E-state index is 5.80. The van der Waals surface area contributed by atoms with E-state index in [0.29, 0.717) is 6.01 Å². The van der Waals surface area contributed by atoms with Crippen LogP contribution in [0.3, 0.4) is 0 Å². The van der Waals surface area contributed by atoms with Gasteiger partial charge in [0.15, 0.2) is 0 Å². The summed E-state index contributed by atoms with van der Waals surface area (Å²) in [6.45, 7) is 5.60. The molecule has 0 aromatic carbocycles. The molecule has 1 aliphatic heterocycles. The van der Waals surface area contributed by atoms with E-state index < -0.39 is 0 Å². The smallest absolute Gasteiger partial charge is 0.316 e. The number of hydrogen-bond acceptors (Lipinski definition) is 6. The molecule has 1 atom stereocenters. The van der Waals surface area contributed by atoms with Crippen molar-refractivity contribution in [1.82, 2.24) is 19.9 Å². The average molecular weight is 271 g/mol. The Bertz CT molecular complexity index is 586. The first kappa shape index (κ1) is 12.8. The standard InChI is InChI=1S/C14H17N5O/c1-10-5-16-14(17-6-10)20-12-3-4-19(9-12)13-8-15-7-11(2)18-13/h5-8,12H,3-4,9H2,1-2H3. The van der Waals surface area contributed by atoms with Crippen LogP contribution in [0.4, 0.5) is 5.82 Å². The summed E-state index contributed by atoms with van der Waals surface area (Å²) in [5.41, 5.74) is 1.95. The van der Waals surface area contributed by atoms with E-state index in [2.05, 4.69) is 24.8 Å². The number of aryl methyl sites for hydroxylation is 2. The molecule has 1 saturated heterocycles. The van der Waals surface area contributed by atoms with Crippen LogP contribution in [0.15, 0.2) is 24.8 Å². The molecule has 1 aliphatic rings. The van der Waals surface area contributed by atoms with Crippen molar-refractivity contribution in [2.24, 2.45) is 0 Å². The van der Waals surface area contributed by atoms with E-state index >= 15 is 0 Å². The molecule has 0 N–H and O–H groups in total. The highest BCUT2D eigenvalue weighted by Gasteiger charge is 2.25. The normalized spacial score (nSPS) is 18.3. The minimum Gasteiger partial charge on any atom is -0.458 e. The van der Waals surface area contributed by atoms with Gasteiger partial charge in [0.1, 0.15) is 11.9 Å². The summed E-state index contributed by atoms with van der Waals surface area (Å²) in [7, 11) is 0. The summed E-state index contributed by atoms with van der Waals surface area (Å²) in [4.78, 5) is 19.2. The molecule has 0 spiro atoms. The van der Waals surface area contributed by atoms with E-state index in [1.807, 2.05) is 13.8 Å².